The van der Waals surface area contributed by atoms with Crippen LogP contribution < -0.4 is 0 Å². The molecule has 3 rings (SSSR count). The molecule has 1 aliphatic rings. The molecular formula is C17H21FN2O3. The minimum absolute atomic E-state index is 0.140. The van der Waals surface area contributed by atoms with Gasteiger partial charge in [-0.2, -0.15) is 0 Å². The molecule has 2 aromatic rings. The van der Waals surface area contributed by atoms with E-state index in [4.69, 9.17) is 9.26 Å². The summed E-state index contributed by atoms with van der Waals surface area (Å²) in [7, 11) is 0. The Bertz CT molecular complexity index is 678. The van der Waals surface area contributed by atoms with Gasteiger partial charge in [0.15, 0.2) is 5.58 Å². The molecule has 1 aromatic heterocycles. The van der Waals surface area contributed by atoms with Crippen LogP contribution in [0.2, 0.25) is 0 Å². The lowest BCUT2D eigenvalue weighted by Crippen LogP contribution is -2.34. The van der Waals surface area contributed by atoms with E-state index in [1.54, 1.807) is 6.07 Å². The number of nitrogens with zero attached hydrogens (tertiary/aromatic N) is 2. The minimum atomic E-state index is -0.311. The quantitative estimate of drug-likeness (QED) is 0.792. The van der Waals surface area contributed by atoms with Gasteiger partial charge in [-0.3, -0.25) is 4.79 Å². The van der Waals surface area contributed by atoms with E-state index in [0.29, 0.717) is 24.5 Å². The van der Waals surface area contributed by atoms with Gasteiger partial charge < -0.3 is 14.2 Å². The monoisotopic (exact) mass is 320 g/mol. The van der Waals surface area contributed by atoms with Crippen molar-refractivity contribution in [1.29, 1.82) is 0 Å². The Morgan fingerprint density at radius 2 is 2.22 bits per heavy atom. The van der Waals surface area contributed by atoms with Crippen molar-refractivity contribution in [3.05, 3.63) is 29.7 Å². The van der Waals surface area contributed by atoms with Gasteiger partial charge >= 0.3 is 5.97 Å². The summed E-state index contributed by atoms with van der Waals surface area (Å²) in [6.07, 6.45) is 2.36. The molecule has 5 nitrogen and oxygen atoms in total. The third-order valence-electron chi connectivity index (χ3n) is 4.37. The maximum absolute atomic E-state index is 13.2. The first-order chi connectivity index (χ1) is 11.2. The standard InChI is InChI=1S/C17H21FN2O3/c1-2-22-16(21)7-10-20-8-5-12(6-9-20)17-14-4-3-13(18)11-15(14)23-19-17/h3-4,11-12H,2,5-10H2,1H3. The van der Waals surface area contributed by atoms with E-state index in [9.17, 15) is 9.18 Å². The molecule has 0 amide bonds. The summed E-state index contributed by atoms with van der Waals surface area (Å²) >= 11 is 0. The Kier molecular flexibility index (Phi) is 4.91. The van der Waals surface area contributed by atoms with Crippen LogP contribution in [0.5, 0.6) is 0 Å². The molecule has 0 atom stereocenters. The number of ether oxygens (including phenoxy) is 1. The number of aromatic nitrogens is 1. The maximum atomic E-state index is 13.2. The number of rotatable bonds is 5. The van der Waals surface area contributed by atoms with Crippen molar-refractivity contribution in [2.24, 2.45) is 0 Å². The summed E-state index contributed by atoms with van der Waals surface area (Å²) in [6.45, 7) is 4.81. The summed E-state index contributed by atoms with van der Waals surface area (Å²) in [4.78, 5) is 13.7. The SMILES string of the molecule is CCOC(=O)CCN1CCC(c2noc3cc(F)ccc23)CC1. The third kappa shape index (κ3) is 3.69. The molecule has 0 saturated carbocycles. The van der Waals surface area contributed by atoms with Crippen LogP contribution in [0, 0.1) is 5.82 Å². The Morgan fingerprint density at radius 1 is 1.43 bits per heavy atom. The summed E-state index contributed by atoms with van der Waals surface area (Å²) < 4.78 is 23.4. The number of carbonyl (C=O) groups excluding carboxylic acids is 1. The van der Waals surface area contributed by atoms with Crippen LogP contribution in [-0.2, 0) is 9.53 Å². The normalized spacial score (nSPS) is 16.8. The fourth-order valence-electron chi connectivity index (χ4n) is 3.14. The molecule has 1 aromatic carbocycles. The first kappa shape index (κ1) is 15.9. The van der Waals surface area contributed by atoms with Crippen molar-refractivity contribution < 1.29 is 18.4 Å². The largest absolute Gasteiger partial charge is 0.466 e. The summed E-state index contributed by atoms with van der Waals surface area (Å²) in [5.41, 5.74) is 1.43. The lowest BCUT2D eigenvalue weighted by Gasteiger charge is -2.30. The fraction of sp³-hybridized carbons (Fsp3) is 0.529. The van der Waals surface area contributed by atoms with Crippen LogP contribution in [0.1, 0.15) is 37.8 Å². The van der Waals surface area contributed by atoms with Gasteiger partial charge in [0, 0.05) is 23.9 Å². The van der Waals surface area contributed by atoms with Crippen LogP contribution in [-0.4, -0.2) is 42.3 Å². The predicted molar refractivity (Wildman–Crippen MR) is 83.6 cm³/mol. The van der Waals surface area contributed by atoms with E-state index in [1.807, 2.05) is 6.92 Å². The third-order valence-corrected chi connectivity index (χ3v) is 4.37. The van der Waals surface area contributed by atoms with Gasteiger partial charge in [-0.1, -0.05) is 5.16 Å². The van der Waals surface area contributed by atoms with Gasteiger partial charge in [-0.05, 0) is 45.0 Å². The van der Waals surface area contributed by atoms with Crippen LogP contribution >= 0.6 is 0 Å². The molecule has 0 aliphatic carbocycles. The average Bonchev–Trinajstić information content (AvgIpc) is 2.96. The van der Waals surface area contributed by atoms with E-state index >= 15 is 0 Å². The van der Waals surface area contributed by atoms with Crippen molar-refractivity contribution in [3.8, 4) is 0 Å². The molecule has 124 valence electrons. The fourth-order valence-corrected chi connectivity index (χ4v) is 3.14. The van der Waals surface area contributed by atoms with E-state index in [0.717, 1.165) is 43.6 Å². The van der Waals surface area contributed by atoms with Crippen molar-refractivity contribution in [2.75, 3.05) is 26.2 Å². The second kappa shape index (κ2) is 7.08. The van der Waals surface area contributed by atoms with Crippen LogP contribution in [0.25, 0.3) is 11.0 Å². The first-order valence-electron chi connectivity index (χ1n) is 8.10. The summed E-state index contributed by atoms with van der Waals surface area (Å²) in [5, 5.41) is 5.05. The number of benzene rings is 1. The molecule has 0 radical (unpaired) electrons. The van der Waals surface area contributed by atoms with Gasteiger partial charge in [0.1, 0.15) is 5.82 Å². The summed E-state index contributed by atoms with van der Waals surface area (Å²) in [5.74, 6) is -0.131. The van der Waals surface area contributed by atoms with Gasteiger partial charge in [0.05, 0.1) is 18.7 Å². The molecular weight excluding hydrogens is 299 g/mol. The van der Waals surface area contributed by atoms with Crippen LogP contribution in [0.4, 0.5) is 4.39 Å². The van der Waals surface area contributed by atoms with Crippen molar-refractivity contribution >= 4 is 16.9 Å². The van der Waals surface area contributed by atoms with Crippen molar-refractivity contribution in [2.45, 2.75) is 32.1 Å². The molecule has 0 N–H and O–H groups in total. The van der Waals surface area contributed by atoms with E-state index < -0.39 is 0 Å². The van der Waals surface area contributed by atoms with Crippen molar-refractivity contribution in [1.82, 2.24) is 10.1 Å². The first-order valence-corrected chi connectivity index (χ1v) is 8.10. The van der Waals surface area contributed by atoms with E-state index in [2.05, 4.69) is 10.1 Å². The molecule has 2 heterocycles. The molecule has 23 heavy (non-hydrogen) atoms. The zero-order chi connectivity index (χ0) is 16.2. The topological polar surface area (TPSA) is 55.6 Å². The second-order valence-electron chi connectivity index (χ2n) is 5.88. The highest BCUT2D eigenvalue weighted by Gasteiger charge is 2.25. The highest BCUT2D eigenvalue weighted by molar-refractivity contribution is 5.79. The zero-order valence-corrected chi connectivity index (χ0v) is 13.3. The zero-order valence-electron chi connectivity index (χ0n) is 13.3. The predicted octanol–water partition coefficient (Wildman–Crippen LogP) is 3.10. The number of hydrogen-bond donors (Lipinski definition) is 0. The highest BCUT2D eigenvalue weighted by atomic mass is 19.1. The second-order valence-corrected chi connectivity index (χ2v) is 5.88. The number of fused-ring (bicyclic) bond motifs is 1. The van der Waals surface area contributed by atoms with Crippen LogP contribution in [0.15, 0.2) is 22.7 Å². The van der Waals surface area contributed by atoms with Gasteiger partial charge in [-0.25, -0.2) is 4.39 Å². The highest BCUT2D eigenvalue weighted by Crippen LogP contribution is 2.32. The Balaban J connectivity index is 1.57. The number of hydrogen-bond acceptors (Lipinski definition) is 5. The number of esters is 1. The maximum Gasteiger partial charge on any atom is 0.307 e. The van der Waals surface area contributed by atoms with Gasteiger partial charge in [0.25, 0.3) is 0 Å². The van der Waals surface area contributed by atoms with E-state index in [1.165, 1.54) is 12.1 Å². The number of carbonyl (C=O) groups is 1. The van der Waals surface area contributed by atoms with E-state index in [-0.39, 0.29) is 11.8 Å². The summed E-state index contributed by atoms with van der Waals surface area (Å²) in [6, 6.07) is 4.56. The van der Waals surface area contributed by atoms with Gasteiger partial charge in [-0.15, -0.1) is 0 Å². The number of likely N-dealkylation sites (tertiary alicyclic amines) is 1. The Morgan fingerprint density at radius 3 is 2.96 bits per heavy atom. The Labute approximate surface area is 134 Å². The molecule has 0 spiro atoms. The molecule has 1 fully saturated rings. The lowest BCUT2D eigenvalue weighted by molar-refractivity contribution is -0.143. The smallest absolute Gasteiger partial charge is 0.307 e. The molecule has 1 saturated heterocycles. The Hall–Kier alpha value is -1.95. The average molecular weight is 320 g/mol. The van der Waals surface area contributed by atoms with Gasteiger partial charge in [0.2, 0.25) is 0 Å². The number of halogens is 1. The molecule has 6 heteroatoms. The van der Waals surface area contributed by atoms with Crippen molar-refractivity contribution in [3.63, 3.8) is 0 Å². The number of piperidine rings is 1. The lowest BCUT2D eigenvalue weighted by atomic mass is 9.91. The molecule has 0 unspecified atom stereocenters. The van der Waals surface area contributed by atoms with Crippen LogP contribution in [0.3, 0.4) is 0 Å². The molecule has 1 aliphatic heterocycles. The molecule has 0 bridgehead atoms. The minimum Gasteiger partial charge on any atom is -0.466 e.